The van der Waals surface area contributed by atoms with Gasteiger partial charge in [-0.05, 0) is 48.0 Å². The van der Waals surface area contributed by atoms with Crippen LogP contribution < -0.4 is 10.1 Å². The molecule has 0 saturated heterocycles. The summed E-state index contributed by atoms with van der Waals surface area (Å²) in [7, 11) is 1.66. The van der Waals surface area contributed by atoms with E-state index < -0.39 is 0 Å². The van der Waals surface area contributed by atoms with Crippen molar-refractivity contribution in [3.05, 3.63) is 54.7 Å². The maximum absolute atomic E-state index is 5.17. The number of nitrogens with zero attached hydrogens (tertiary/aromatic N) is 2. The van der Waals surface area contributed by atoms with Gasteiger partial charge in [0.25, 0.3) is 0 Å². The van der Waals surface area contributed by atoms with Gasteiger partial charge in [0.1, 0.15) is 5.75 Å². The molecule has 0 spiro atoms. The average molecular weight is 305 g/mol. The van der Waals surface area contributed by atoms with E-state index in [1.807, 2.05) is 48.5 Å². The number of hydrogen-bond donors (Lipinski definition) is 3. The number of benzene rings is 2. The molecule has 6 nitrogen and oxygen atoms in total. The predicted octanol–water partition coefficient (Wildman–Crippen LogP) is 3.71. The molecular weight excluding hydrogens is 290 g/mol. The van der Waals surface area contributed by atoms with Crippen LogP contribution in [0.4, 0.5) is 11.5 Å². The van der Waals surface area contributed by atoms with Crippen LogP contribution in [0.1, 0.15) is 0 Å². The standard InChI is InChI=1S/C17H15N5O/c1-23-14-5-2-11(3-6-14)16-9-17(22-21-16)19-13-4-7-15-12(8-13)10-18-20-15/h2-10H,1H3,(H,18,20)(H2,19,21,22). The molecule has 0 radical (unpaired) electrons. The second-order valence-electron chi connectivity index (χ2n) is 5.19. The fourth-order valence-electron chi connectivity index (χ4n) is 2.47. The van der Waals surface area contributed by atoms with Crippen molar-refractivity contribution in [2.24, 2.45) is 0 Å². The minimum atomic E-state index is 0.763. The lowest BCUT2D eigenvalue weighted by atomic mass is 10.1. The summed E-state index contributed by atoms with van der Waals surface area (Å²) in [6.07, 6.45) is 1.80. The van der Waals surface area contributed by atoms with Crippen molar-refractivity contribution in [3.63, 3.8) is 0 Å². The van der Waals surface area contributed by atoms with Gasteiger partial charge in [-0.15, -0.1) is 0 Å². The molecule has 0 aliphatic heterocycles. The number of nitrogens with one attached hydrogen (secondary N) is 3. The number of aromatic amines is 2. The maximum Gasteiger partial charge on any atom is 0.152 e. The highest BCUT2D eigenvalue weighted by molar-refractivity contribution is 5.82. The summed E-state index contributed by atoms with van der Waals surface area (Å²) < 4.78 is 5.17. The number of rotatable bonds is 4. The summed E-state index contributed by atoms with van der Waals surface area (Å²) in [5.41, 5.74) is 3.97. The molecule has 2 aromatic heterocycles. The van der Waals surface area contributed by atoms with Crippen molar-refractivity contribution in [2.75, 3.05) is 12.4 Å². The molecule has 0 bridgehead atoms. The first-order valence-electron chi connectivity index (χ1n) is 7.22. The zero-order valence-corrected chi connectivity index (χ0v) is 12.5. The van der Waals surface area contributed by atoms with Crippen molar-refractivity contribution >= 4 is 22.4 Å². The van der Waals surface area contributed by atoms with E-state index in [9.17, 15) is 0 Å². The Kier molecular flexibility index (Phi) is 3.20. The zero-order valence-electron chi connectivity index (χ0n) is 12.5. The average Bonchev–Trinajstić information content (AvgIpc) is 3.24. The number of ether oxygens (including phenoxy) is 1. The van der Waals surface area contributed by atoms with E-state index in [0.29, 0.717) is 0 Å². The van der Waals surface area contributed by atoms with Crippen molar-refractivity contribution in [1.82, 2.24) is 20.4 Å². The fraction of sp³-hybridized carbons (Fsp3) is 0.0588. The first-order valence-corrected chi connectivity index (χ1v) is 7.22. The predicted molar refractivity (Wildman–Crippen MR) is 90.0 cm³/mol. The molecule has 0 unspecified atom stereocenters. The molecule has 0 aliphatic carbocycles. The van der Waals surface area contributed by atoms with Gasteiger partial charge in [-0.25, -0.2) is 0 Å². The molecule has 0 amide bonds. The SMILES string of the molecule is COc1ccc(-c2cc(Nc3ccc4[nH]ncc4c3)n[nH]2)cc1. The molecule has 2 heterocycles. The van der Waals surface area contributed by atoms with E-state index in [1.54, 1.807) is 13.3 Å². The molecular formula is C17H15N5O. The molecule has 23 heavy (non-hydrogen) atoms. The van der Waals surface area contributed by atoms with Crippen LogP contribution in [0, 0.1) is 0 Å². The summed E-state index contributed by atoms with van der Waals surface area (Å²) in [5.74, 6) is 1.60. The maximum atomic E-state index is 5.17. The van der Waals surface area contributed by atoms with Crippen LogP contribution in [0.5, 0.6) is 5.75 Å². The van der Waals surface area contributed by atoms with Crippen LogP contribution in [0.3, 0.4) is 0 Å². The lowest BCUT2D eigenvalue weighted by Gasteiger charge is -2.02. The van der Waals surface area contributed by atoms with Gasteiger partial charge < -0.3 is 10.1 Å². The number of methoxy groups -OCH3 is 1. The van der Waals surface area contributed by atoms with Crippen LogP contribution in [-0.4, -0.2) is 27.5 Å². The third kappa shape index (κ3) is 2.62. The Morgan fingerprint density at radius 1 is 1.00 bits per heavy atom. The van der Waals surface area contributed by atoms with Gasteiger partial charge in [-0.3, -0.25) is 10.2 Å². The van der Waals surface area contributed by atoms with Crippen molar-refractivity contribution in [1.29, 1.82) is 0 Å². The van der Waals surface area contributed by atoms with Crippen LogP contribution >= 0.6 is 0 Å². The lowest BCUT2D eigenvalue weighted by molar-refractivity contribution is 0.415. The topological polar surface area (TPSA) is 78.6 Å². The van der Waals surface area contributed by atoms with Gasteiger partial charge in [-0.1, -0.05) is 0 Å². The Hall–Kier alpha value is -3.28. The first-order chi connectivity index (χ1) is 11.3. The third-order valence-corrected chi connectivity index (χ3v) is 3.69. The van der Waals surface area contributed by atoms with Gasteiger partial charge >= 0.3 is 0 Å². The van der Waals surface area contributed by atoms with E-state index in [-0.39, 0.29) is 0 Å². The molecule has 2 aromatic carbocycles. The largest absolute Gasteiger partial charge is 0.497 e. The molecule has 0 saturated carbocycles. The molecule has 3 N–H and O–H groups in total. The van der Waals surface area contributed by atoms with Gasteiger partial charge in [0, 0.05) is 17.1 Å². The second kappa shape index (κ2) is 5.49. The number of hydrogen-bond acceptors (Lipinski definition) is 4. The molecule has 4 aromatic rings. The highest BCUT2D eigenvalue weighted by Crippen LogP contribution is 2.25. The number of aromatic nitrogens is 4. The first kappa shape index (κ1) is 13.4. The van der Waals surface area contributed by atoms with Crippen molar-refractivity contribution < 1.29 is 4.74 Å². The minimum Gasteiger partial charge on any atom is -0.497 e. The molecule has 114 valence electrons. The summed E-state index contributed by atoms with van der Waals surface area (Å²) in [5, 5.41) is 18.7. The summed E-state index contributed by atoms with van der Waals surface area (Å²) in [4.78, 5) is 0. The highest BCUT2D eigenvalue weighted by Gasteiger charge is 2.05. The molecule has 4 rings (SSSR count). The molecule has 0 aliphatic rings. The molecule has 6 heteroatoms. The Balaban J connectivity index is 1.56. The molecule has 0 fully saturated rings. The Bertz CT molecular complexity index is 939. The second-order valence-corrected chi connectivity index (χ2v) is 5.19. The van der Waals surface area contributed by atoms with Crippen LogP contribution in [0.25, 0.3) is 22.2 Å². The van der Waals surface area contributed by atoms with Gasteiger partial charge in [0.2, 0.25) is 0 Å². The van der Waals surface area contributed by atoms with E-state index in [1.165, 1.54) is 0 Å². The normalized spacial score (nSPS) is 10.8. The van der Waals surface area contributed by atoms with Crippen LogP contribution in [-0.2, 0) is 0 Å². The van der Waals surface area contributed by atoms with E-state index >= 15 is 0 Å². The van der Waals surface area contributed by atoms with E-state index in [4.69, 9.17) is 4.74 Å². The van der Waals surface area contributed by atoms with Crippen LogP contribution in [0.15, 0.2) is 54.7 Å². The third-order valence-electron chi connectivity index (χ3n) is 3.69. The van der Waals surface area contributed by atoms with Gasteiger partial charge in [-0.2, -0.15) is 10.2 Å². The lowest BCUT2D eigenvalue weighted by Crippen LogP contribution is -1.89. The summed E-state index contributed by atoms with van der Waals surface area (Å²) in [6.45, 7) is 0. The monoisotopic (exact) mass is 305 g/mol. The molecule has 0 atom stereocenters. The number of anilines is 2. The van der Waals surface area contributed by atoms with Gasteiger partial charge in [0.15, 0.2) is 5.82 Å². The Labute approximate surface area is 132 Å². The summed E-state index contributed by atoms with van der Waals surface area (Å²) in [6, 6.07) is 15.8. The fourth-order valence-corrected chi connectivity index (χ4v) is 2.47. The summed E-state index contributed by atoms with van der Waals surface area (Å²) >= 11 is 0. The van der Waals surface area contributed by atoms with E-state index in [0.717, 1.165) is 39.4 Å². The van der Waals surface area contributed by atoms with Crippen LogP contribution in [0.2, 0.25) is 0 Å². The minimum absolute atomic E-state index is 0.763. The number of H-pyrrole nitrogens is 2. The zero-order chi connectivity index (χ0) is 15.6. The van der Waals surface area contributed by atoms with Crippen molar-refractivity contribution in [3.8, 4) is 17.0 Å². The quantitative estimate of drug-likeness (QED) is 0.537. The van der Waals surface area contributed by atoms with Gasteiger partial charge in [0.05, 0.1) is 24.5 Å². The number of fused-ring (bicyclic) bond motifs is 1. The highest BCUT2D eigenvalue weighted by atomic mass is 16.5. The Morgan fingerprint density at radius 2 is 1.87 bits per heavy atom. The van der Waals surface area contributed by atoms with E-state index in [2.05, 4.69) is 25.7 Å². The smallest absolute Gasteiger partial charge is 0.152 e. The Morgan fingerprint density at radius 3 is 2.70 bits per heavy atom. The van der Waals surface area contributed by atoms with Crippen molar-refractivity contribution in [2.45, 2.75) is 0 Å².